The van der Waals surface area contributed by atoms with Gasteiger partial charge in [-0.25, -0.2) is 0 Å². The summed E-state index contributed by atoms with van der Waals surface area (Å²) < 4.78 is 10.7. The Morgan fingerprint density at radius 1 is 1.30 bits per heavy atom. The summed E-state index contributed by atoms with van der Waals surface area (Å²) >= 11 is 0. The molecule has 5 nitrogen and oxygen atoms in total. The lowest BCUT2D eigenvalue weighted by atomic mass is 9.99. The van der Waals surface area contributed by atoms with Crippen LogP contribution >= 0.6 is 0 Å². The summed E-state index contributed by atoms with van der Waals surface area (Å²) in [5, 5.41) is 3.06. The van der Waals surface area contributed by atoms with Gasteiger partial charge in [-0.05, 0) is 57.0 Å². The molecule has 1 amide bonds. The van der Waals surface area contributed by atoms with Gasteiger partial charge in [0.1, 0.15) is 11.5 Å². The number of rotatable bonds is 6. The van der Waals surface area contributed by atoms with Crippen LogP contribution in [0.2, 0.25) is 0 Å². The van der Waals surface area contributed by atoms with Gasteiger partial charge in [0.2, 0.25) is 5.91 Å². The summed E-state index contributed by atoms with van der Waals surface area (Å²) in [6.45, 7) is 6.71. The third-order valence-electron chi connectivity index (χ3n) is 4.52. The first-order valence-electron chi connectivity index (χ1n) is 8.27. The second kappa shape index (κ2) is 8.20. The van der Waals surface area contributed by atoms with E-state index in [2.05, 4.69) is 17.1 Å². The molecule has 0 aliphatic carbocycles. The van der Waals surface area contributed by atoms with Crippen molar-refractivity contribution in [1.29, 1.82) is 0 Å². The first-order chi connectivity index (χ1) is 11.0. The van der Waals surface area contributed by atoms with Crippen LogP contribution in [0.3, 0.4) is 0 Å². The maximum absolute atomic E-state index is 12.3. The standard InChI is InChI=1S/C18H28N2O3/c1-13-7-9-20(10-8-13)12-18(21)19-14(2)16-11-15(22-3)5-6-17(16)23-4/h5-6,11,13-14H,7-10,12H2,1-4H3,(H,19,21)/t14-/m0/s1. The smallest absolute Gasteiger partial charge is 0.234 e. The van der Waals surface area contributed by atoms with E-state index >= 15 is 0 Å². The number of hydrogen-bond donors (Lipinski definition) is 1. The van der Waals surface area contributed by atoms with E-state index in [4.69, 9.17) is 9.47 Å². The quantitative estimate of drug-likeness (QED) is 0.875. The van der Waals surface area contributed by atoms with Crippen molar-refractivity contribution in [2.24, 2.45) is 5.92 Å². The van der Waals surface area contributed by atoms with Crippen molar-refractivity contribution in [3.05, 3.63) is 23.8 Å². The van der Waals surface area contributed by atoms with Crippen LogP contribution < -0.4 is 14.8 Å². The highest BCUT2D eigenvalue weighted by Crippen LogP contribution is 2.29. The molecule has 1 saturated heterocycles. The number of carbonyl (C=O) groups is 1. The van der Waals surface area contributed by atoms with Crippen LogP contribution in [0, 0.1) is 5.92 Å². The summed E-state index contributed by atoms with van der Waals surface area (Å²) in [5.41, 5.74) is 0.924. The molecule has 1 fully saturated rings. The van der Waals surface area contributed by atoms with Crippen LogP contribution in [0.25, 0.3) is 0 Å². The van der Waals surface area contributed by atoms with Crippen molar-refractivity contribution in [2.45, 2.75) is 32.7 Å². The van der Waals surface area contributed by atoms with Gasteiger partial charge in [0, 0.05) is 5.56 Å². The number of ether oxygens (including phenoxy) is 2. The molecule has 5 heteroatoms. The number of piperidine rings is 1. The van der Waals surface area contributed by atoms with E-state index in [1.807, 2.05) is 25.1 Å². The minimum absolute atomic E-state index is 0.0527. The molecule has 1 N–H and O–H groups in total. The Morgan fingerprint density at radius 3 is 2.61 bits per heavy atom. The molecule has 2 rings (SSSR count). The lowest BCUT2D eigenvalue weighted by Crippen LogP contribution is -2.41. The third-order valence-corrected chi connectivity index (χ3v) is 4.52. The van der Waals surface area contributed by atoms with Crippen LogP contribution in [0.15, 0.2) is 18.2 Å². The maximum atomic E-state index is 12.3. The number of likely N-dealkylation sites (tertiary alicyclic amines) is 1. The highest BCUT2D eigenvalue weighted by atomic mass is 16.5. The lowest BCUT2D eigenvalue weighted by Gasteiger charge is -2.30. The van der Waals surface area contributed by atoms with Crippen LogP contribution in [0.4, 0.5) is 0 Å². The summed E-state index contributed by atoms with van der Waals surface area (Å²) in [4.78, 5) is 14.5. The molecule has 0 unspecified atom stereocenters. The topological polar surface area (TPSA) is 50.8 Å². The summed E-state index contributed by atoms with van der Waals surface area (Å²) in [6.07, 6.45) is 2.35. The zero-order chi connectivity index (χ0) is 16.8. The van der Waals surface area contributed by atoms with Gasteiger partial charge >= 0.3 is 0 Å². The van der Waals surface area contributed by atoms with Crippen molar-refractivity contribution in [1.82, 2.24) is 10.2 Å². The van der Waals surface area contributed by atoms with Crippen molar-refractivity contribution in [2.75, 3.05) is 33.9 Å². The lowest BCUT2D eigenvalue weighted by molar-refractivity contribution is -0.123. The first-order valence-corrected chi connectivity index (χ1v) is 8.27. The average molecular weight is 320 g/mol. The minimum Gasteiger partial charge on any atom is -0.497 e. The molecule has 0 bridgehead atoms. The number of nitrogens with zero attached hydrogens (tertiary/aromatic N) is 1. The van der Waals surface area contributed by atoms with Gasteiger partial charge < -0.3 is 14.8 Å². The second-order valence-electron chi connectivity index (χ2n) is 6.36. The number of nitrogens with one attached hydrogen (secondary N) is 1. The SMILES string of the molecule is COc1ccc(OC)c([C@H](C)NC(=O)CN2CCC(C)CC2)c1. The zero-order valence-electron chi connectivity index (χ0n) is 14.6. The molecule has 1 heterocycles. The molecule has 128 valence electrons. The van der Waals surface area contributed by atoms with E-state index in [0.717, 1.165) is 36.1 Å². The van der Waals surface area contributed by atoms with Gasteiger partial charge in [0.05, 0.1) is 26.8 Å². The fraction of sp³-hybridized carbons (Fsp3) is 0.611. The third kappa shape index (κ3) is 4.86. The molecule has 23 heavy (non-hydrogen) atoms. The van der Waals surface area contributed by atoms with Crippen molar-refractivity contribution in [3.63, 3.8) is 0 Å². The Kier molecular flexibility index (Phi) is 6.28. The summed E-state index contributed by atoms with van der Waals surface area (Å²) in [7, 11) is 3.26. The Balaban J connectivity index is 1.95. The van der Waals surface area contributed by atoms with Crippen molar-refractivity contribution in [3.8, 4) is 11.5 Å². The normalized spacial score (nSPS) is 17.6. The molecule has 1 aliphatic heterocycles. The maximum Gasteiger partial charge on any atom is 0.234 e. The van der Waals surface area contributed by atoms with Gasteiger partial charge in [-0.15, -0.1) is 0 Å². The number of carbonyl (C=O) groups excluding carboxylic acids is 1. The predicted molar refractivity (Wildman–Crippen MR) is 90.9 cm³/mol. The van der Waals surface area contributed by atoms with Crippen LogP contribution in [0.5, 0.6) is 11.5 Å². The molecular formula is C18H28N2O3. The second-order valence-corrected chi connectivity index (χ2v) is 6.36. The summed E-state index contributed by atoms with van der Waals surface area (Å²) in [5.74, 6) is 2.34. The largest absolute Gasteiger partial charge is 0.497 e. The molecule has 1 atom stereocenters. The Labute approximate surface area is 139 Å². The van der Waals surface area contributed by atoms with Crippen LogP contribution in [0.1, 0.15) is 38.3 Å². The van der Waals surface area contributed by atoms with E-state index in [9.17, 15) is 4.79 Å². The first kappa shape index (κ1) is 17.6. The molecular weight excluding hydrogens is 292 g/mol. The molecule has 0 saturated carbocycles. The molecule has 0 spiro atoms. The van der Waals surface area contributed by atoms with Gasteiger partial charge in [-0.1, -0.05) is 6.92 Å². The van der Waals surface area contributed by atoms with Crippen molar-refractivity contribution >= 4 is 5.91 Å². The van der Waals surface area contributed by atoms with Gasteiger partial charge in [0.25, 0.3) is 0 Å². The summed E-state index contributed by atoms with van der Waals surface area (Å²) in [6, 6.07) is 5.50. The molecule has 0 aromatic heterocycles. The molecule has 1 aromatic rings. The molecule has 0 radical (unpaired) electrons. The Morgan fingerprint density at radius 2 is 2.00 bits per heavy atom. The number of benzene rings is 1. The number of methoxy groups -OCH3 is 2. The predicted octanol–water partition coefficient (Wildman–Crippen LogP) is 2.61. The molecule has 1 aromatic carbocycles. The average Bonchev–Trinajstić information content (AvgIpc) is 2.56. The van der Waals surface area contributed by atoms with E-state index in [1.54, 1.807) is 14.2 Å². The monoisotopic (exact) mass is 320 g/mol. The van der Waals surface area contributed by atoms with E-state index in [0.29, 0.717) is 6.54 Å². The highest BCUT2D eigenvalue weighted by molar-refractivity contribution is 5.78. The van der Waals surface area contributed by atoms with Gasteiger partial charge in [-0.2, -0.15) is 0 Å². The zero-order valence-corrected chi connectivity index (χ0v) is 14.6. The number of amides is 1. The van der Waals surface area contributed by atoms with Gasteiger partial charge in [-0.3, -0.25) is 9.69 Å². The highest BCUT2D eigenvalue weighted by Gasteiger charge is 2.20. The minimum atomic E-state index is -0.128. The van der Waals surface area contributed by atoms with Crippen molar-refractivity contribution < 1.29 is 14.3 Å². The molecule has 1 aliphatic rings. The van der Waals surface area contributed by atoms with Crippen LogP contribution in [-0.2, 0) is 4.79 Å². The Hall–Kier alpha value is -1.75. The fourth-order valence-corrected chi connectivity index (χ4v) is 2.97. The van der Waals surface area contributed by atoms with E-state index < -0.39 is 0 Å². The number of hydrogen-bond acceptors (Lipinski definition) is 4. The van der Waals surface area contributed by atoms with E-state index in [-0.39, 0.29) is 11.9 Å². The Bertz CT molecular complexity index is 525. The van der Waals surface area contributed by atoms with E-state index in [1.165, 1.54) is 12.8 Å². The van der Waals surface area contributed by atoms with Crippen LogP contribution in [-0.4, -0.2) is 44.7 Å². The fourth-order valence-electron chi connectivity index (χ4n) is 2.97. The van der Waals surface area contributed by atoms with Gasteiger partial charge in [0.15, 0.2) is 0 Å².